The zero-order valence-electron chi connectivity index (χ0n) is 14.7. The predicted molar refractivity (Wildman–Crippen MR) is 97.6 cm³/mol. The van der Waals surface area contributed by atoms with Crippen molar-refractivity contribution in [2.45, 2.75) is 26.1 Å². The van der Waals surface area contributed by atoms with E-state index in [0.29, 0.717) is 30.3 Å². The lowest BCUT2D eigenvalue weighted by molar-refractivity contribution is -0.0969. The van der Waals surface area contributed by atoms with E-state index < -0.39 is 0 Å². The minimum atomic E-state index is -0.180. The third kappa shape index (κ3) is 3.37. The third-order valence-corrected chi connectivity index (χ3v) is 5.31. The molecule has 1 amide bonds. The molecule has 2 aliphatic heterocycles. The molecule has 4 rings (SSSR count). The fraction of sp³-hybridized carbons (Fsp3) is 0.474. The quantitative estimate of drug-likeness (QED) is 0.827. The number of nitrogens with zero attached hydrogens (tertiary/aromatic N) is 3. The van der Waals surface area contributed by atoms with Crippen molar-refractivity contribution in [3.05, 3.63) is 46.7 Å². The van der Waals surface area contributed by atoms with Gasteiger partial charge in [-0.1, -0.05) is 17.7 Å². The third-order valence-electron chi connectivity index (χ3n) is 5.07. The molecule has 1 aromatic carbocycles. The molecule has 1 unspecified atom stereocenters. The summed E-state index contributed by atoms with van der Waals surface area (Å²) in [6.07, 6.45) is 3.45. The molecular formula is C19H22ClN3O3. The maximum Gasteiger partial charge on any atom is 0.257 e. The van der Waals surface area contributed by atoms with E-state index in [1.165, 1.54) is 0 Å². The smallest absolute Gasteiger partial charge is 0.257 e. The van der Waals surface area contributed by atoms with Gasteiger partial charge in [-0.15, -0.1) is 0 Å². The van der Waals surface area contributed by atoms with Crippen LogP contribution in [-0.4, -0.2) is 53.2 Å². The molecule has 0 N–H and O–H groups in total. The number of carbonyl (C=O) groups excluding carboxylic acids is 1. The fourth-order valence-electron chi connectivity index (χ4n) is 3.72. The lowest BCUT2D eigenvalue weighted by atomic mass is 9.97. The Labute approximate surface area is 157 Å². The highest BCUT2D eigenvalue weighted by atomic mass is 35.5. The van der Waals surface area contributed by atoms with Crippen LogP contribution in [0.4, 0.5) is 0 Å². The topological polar surface area (TPSA) is 56.6 Å². The second kappa shape index (κ2) is 7.39. The van der Waals surface area contributed by atoms with Gasteiger partial charge in [-0.05, 0) is 38.0 Å². The molecule has 138 valence electrons. The highest BCUT2D eigenvalue weighted by Crippen LogP contribution is 2.27. The molecule has 1 atom stereocenters. The molecule has 6 nitrogen and oxygen atoms in total. The molecule has 0 spiro atoms. The van der Waals surface area contributed by atoms with Gasteiger partial charge in [-0.25, -0.2) is 4.68 Å². The number of hydrogen-bond acceptors (Lipinski definition) is 4. The van der Waals surface area contributed by atoms with Gasteiger partial charge in [0.2, 0.25) is 0 Å². The largest absolute Gasteiger partial charge is 0.350 e. The van der Waals surface area contributed by atoms with Crippen molar-refractivity contribution in [3.63, 3.8) is 0 Å². The first-order valence-corrected chi connectivity index (χ1v) is 9.34. The summed E-state index contributed by atoms with van der Waals surface area (Å²) < 4.78 is 13.0. The number of ether oxygens (including phenoxy) is 2. The Kier molecular flexibility index (Phi) is 4.98. The van der Waals surface area contributed by atoms with Gasteiger partial charge in [0, 0.05) is 24.0 Å². The van der Waals surface area contributed by atoms with Crippen molar-refractivity contribution >= 4 is 17.5 Å². The van der Waals surface area contributed by atoms with Crippen molar-refractivity contribution in [2.24, 2.45) is 5.92 Å². The molecule has 2 aromatic rings. The Morgan fingerprint density at radius 3 is 2.88 bits per heavy atom. The van der Waals surface area contributed by atoms with Crippen molar-refractivity contribution in [3.8, 4) is 5.69 Å². The minimum absolute atomic E-state index is 0.0125. The SMILES string of the molecule is Cc1c(C(=O)N2CCCC(C3OCCO3)C2)cnn1-c1cccc(Cl)c1. The van der Waals surface area contributed by atoms with Crippen LogP contribution in [0.5, 0.6) is 0 Å². The Hall–Kier alpha value is -1.89. The summed E-state index contributed by atoms with van der Waals surface area (Å²) in [6, 6.07) is 7.45. The maximum absolute atomic E-state index is 13.1. The lowest BCUT2D eigenvalue weighted by Crippen LogP contribution is -2.44. The highest BCUT2D eigenvalue weighted by molar-refractivity contribution is 6.30. The molecule has 0 saturated carbocycles. The van der Waals surface area contributed by atoms with Gasteiger partial charge < -0.3 is 14.4 Å². The zero-order chi connectivity index (χ0) is 18.1. The van der Waals surface area contributed by atoms with E-state index in [0.717, 1.165) is 30.8 Å². The van der Waals surface area contributed by atoms with Crippen LogP contribution in [0.3, 0.4) is 0 Å². The zero-order valence-corrected chi connectivity index (χ0v) is 15.5. The number of carbonyl (C=O) groups is 1. The van der Waals surface area contributed by atoms with Gasteiger partial charge >= 0.3 is 0 Å². The van der Waals surface area contributed by atoms with E-state index >= 15 is 0 Å². The Bertz CT molecular complexity index is 801. The van der Waals surface area contributed by atoms with Crippen molar-refractivity contribution < 1.29 is 14.3 Å². The second-order valence-corrected chi connectivity index (χ2v) is 7.24. The molecule has 2 aliphatic rings. The summed E-state index contributed by atoms with van der Waals surface area (Å²) >= 11 is 6.08. The van der Waals surface area contributed by atoms with Crippen LogP contribution in [0.25, 0.3) is 5.69 Å². The standard InChI is InChI=1S/C19H22ClN3O3/c1-13-17(11-21-23(13)16-6-2-5-15(20)10-16)18(24)22-7-3-4-14(12-22)19-25-8-9-26-19/h2,5-6,10-11,14,19H,3-4,7-9,12H2,1H3. The van der Waals surface area contributed by atoms with Crippen LogP contribution in [0.2, 0.25) is 5.02 Å². The second-order valence-electron chi connectivity index (χ2n) is 6.80. The van der Waals surface area contributed by atoms with E-state index in [9.17, 15) is 4.79 Å². The van der Waals surface area contributed by atoms with E-state index in [2.05, 4.69) is 5.10 Å². The van der Waals surface area contributed by atoms with Crippen molar-refractivity contribution in [2.75, 3.05) is 26.3 Å². The first kappa shape index (κ1) is 17.5. The van der Waals surface area contributed by atoms with Crippen LogP contribution in [0.1, 0.15) is 28.9 Å². The maximum atomic E-state index is 13.1. The van der Waals surface area contributed by atoms with Gasteiger partial charge in [0.05, 0.1) is 36.4 Å². The van der Waals surface area contributed by atoms with Gasteiger partial charge in [0.25, 0.3) is 5.91 Å². The minimum Gasteiger partial charge on any atom is -0.350 e. The number of benzene rings is 1. The molecule has 2 fully saturated rings. The molecule has 3 heterocycles. The summed E-state index contributed by atoms with van der Waals surface area (Å²) in [5.74, 6) is 0.247. The number of hydrogen-bond donors (Lipinski definition) is 0. The molecule has 0 bridgehead atoms. The molecule has 1 aromatic heterocycles. The van der Waals surface area contributed by atoms with Crippen LogP contribution >= 0.6 is 11.6 Å². The first-order chi connectivity index (χ1) is 12.6. The van der Waals surface area contributed by atoms with E-state index in [1.807, 2.05) is 36.1 Å². The molecule has 0 aliphatic carbocycles. The summed E-state index contributed by atoms with van der Waals surface area (Å²) in [5.41, 5.74) is 2.28. The summed E-state index contributed by atoms with van der Waals surface area (Å²) in [5, 5.41) is 5.04. The van der Waals surface area contributed by atoms with Crippen LogP contribution in [0.15, 0.2) is 30.5 Å². The molecular weight excluding hydrogens is 354 g/mol. The Balaban J connectivity index is 1.53. The van der Waals surface area contributed by atoms with Gasteiger partial charge in [-0.2, -0.15) is 5.10 Å². The van der Waals surface area contributed by atoms with Crippen molar-refractivity contribution in [1.29, 1.82) is 0 Å². The summed E-state index contributed by atoms with van der Waals surface area (Å²) in [6.45, 7) is 4.60. The average Bonchev–Trinajstić information content (AvgIpc) is 3.31. The summed E-state index contributed by atoms with van der Waals surface area (Å²) in [7, 11) is 0. The number of amides is 1. The van der Waals surface area contributed by atoms with Crippen LogP contribution in [-0.2, 0) is 9.47 Å². The predicted octanol–water partition coefficient (Wildman–Crippen LogP) is 3.06. The number of likely N-dealkylation sites (tertiary alicyclic amines) is 1. The lowest BCUT2D eigenvalue weighted by Gasteiger charge is -2.34. The van der Waals surface area contributed by atoms with E-state index in [4.69, 9.17) is 21.1 Å². The van der Waals surface area contributed by atoms with E-state index in [1.54, 1.807) is 10.9 Å². The van der Waals surface area contributed by atoms with Gasteiger partial charge in [0.1, 0.15) is 0 Å². The molecule has 2 saturated heterocycles. The average molecular weight is 376 g/mol. The number of aromatic nitrogens is 2. The van der Waals surface area contributed by atoms with Crippen LogP contribution in [0, 0.1) is 12.8 Å². The monoisotopic (exact) mass is 375 g/mol. The Morgan fingerprint density at radius 2 is 2.12 bits per heavy atom. The van der Waals surface area contributed by atoms with Crippen LogP contribution < -0.4 is 0 Å². The Morgan fingerprint density at radius 1 is 1.31 bits per heavy atom. The van der Waals surface area contributed by atoms with Gasteiger partial charge in [0.15, 0.2) is 6.29 Å². The number of piperidine rings is 1. The van der Waals surface area contributed by atoms with Gasteiger partial charge in [-0.3, -0.25) is 4.79 Å². The number of halogens is 1. The number of rotatable bonds is 3. The fourth-order valence-corrected chi connectivity index (χ4v) is 3.91. The first-order valence-electron chi connectivity index (χ1n) is 8.96. The molecule has 26 heavy (non-hydrogen) atoms. The molecule has 0 radical (unpaired) electrons. The van der Waals surface area contributed by atoms with Crippen molar-refractivity contribution in [1.82, 2.24) is 14.7 Å². The molecule has 7 heteroatoms. The summed E-state index contributed by atoms with van der Waals surface area (Å²) in [4.78, 5) is 15.0. The highest BCUT2D eigenvalue weighted by Gasteiger charge is 2.33. The normalized spacial score (nSPS) is 21.3. The van der Waals surface area contributed by atoms with E-state index in [-0.39, 0.29) is 18.1 Å².